The molecule has 2 saturated heterocycles. The standard InChI is InChI=1S/C17H27N3O/c1-17(2,3)13-6-7-16(18-9-13)19-10-15-11-20-8-4-5-14(20)12-21-15/h6-7,9,14-15H,4-5,8,10-12H2,1-3H3,(H,18,19). The van der Waals surface area contributed by atoms with Crippen LogP contribution in [0.15, 0.2) is 18.3 Å². The maximum atomic E-state index is 5.96. The second-order valence-corrected chi connectivity index (χ2v) is 7.31. The van der Waals surface area contributed by atoms with Crippen LogP contribution in [0.2, 0.25) is 0 Å². The highest BCUT2D eigenvalue weighted by atomic mass is 16.5. The number of fused-ring (bicyclic) bond motifs is 1. The molecule has 0 aliphatic carbocycles. The van der Waals surface area contributed by atoms with Gasteiger partial charge in [-0.3, -0.25) is 4.90 Å². The zero-order valence-corrected chi connectivity index (χ0v) is 13.4. The number of anilines is 1. The lowest BCUT2D eigenvalue weighted by atomic mass is 9.88. The molecule has 3 rings (SSSR count). The first-order valence-electron chi connectivity index (χ1n) is 8.08. The van der Waals surface area contributed by atoms with Gasteiger partial charge in [0.2, 0.25) is 0 Å². The number of nitrogens with one attached hydrogen (secondary N) is 1. The molecular formula is C17H27N3O. The summed E-state index contributed by atoms with van der Waals surface area (Å²) in [6, 6.07) is 4.90. The molecule has 0 amide bonds. The maximum absolute atomic E-state index is 5.96. The normalized spacial score (nSPS) is 26.6. The number of hydrogen-bond acceptors (Lipinski definition) is 4. The van der Waals surface area contributed by atoms with Crippen LogP contribution in [0.3, 0.4) is 0 Å². The van der Waals surface area contributed by atoms with Gasteiger partial charge in [0.15, 0.2) is 0 Å². The summed E-state index contributed by atoms with van der Waals surface area (Å²) < 4.78 is 5.96. The quantitative estimate of drug-likeness (QED) is 0.928. The largest absolute Gasteiger partial charge is 0.373 e. The van der Waals surface area contributed by atoms with E-state index in [0.717, 1.165) is 25.5 Å². The van der Waals surface area contributed by atoms with Crippen molar-refractivity contribution in [3.8, 4) is 0 Å². The van der Waals surface area contributed by atoms with Crippen molar-refractivity contribution in [3.05, 3.63) is 23.9 Å². The van der Waals surface area contributed by atoms with E-state index in [1.165, 1.54) is 24.9 Å². The first kappa shape index (κ1) is 14.8. The van der Waals surface area contributed by atoms with Crippen molar-refractivity contribution in [2.75, 3.05) is 31.6 Å². The minimum absolute atomic E-state index is 0.156. The third-order valence-electron chi connectivity index (χ3n) is 4.60. The van der Waals surface area contributed by atoms with E-state index in [1.807, 2.05) is 6.20 Å². The number of nitrogens with zero attached hydrogens (tertiary/aromatic N) is 2. The Morgan fingerprint density at radius 1 is 1.38 bits per heavy atom. The van der Waals surface area contributed by atoms with Crippen LogP contribution in [-0.4, -0.2) is 48.3 Å². The molecule has 21 heavy (non-hydrogen) atoms. The van der Waals surface area contributed by atoms with E-state index in [0.29, 0.717) is 6.04 Å². The number of hydrogen-bond donors (Lipinski definition) is 1. The first-order valence-corrected chi connectivity index (χ1v) is 8.08. The fraction of sp³-hybridized carbons (Fsp3) is 0.706. The van der Waals surface area contributed by atoms with E-state index in [4.69, 9.17) is 4.74 Å². The second-order valence-electron chi connectivity index (χ2n) is 7.31. The van der Waals surface area contributed by atoms with Crippen molar-refractivity contribution < 1.29 is 4.74 Å². The van der Waals surface area contributed by atoms with Crippen LogP contribution in [0.4, 0.5) is 5.82 Å². The monoisotopic (exact) mass is 289 g/mol. The highest BCUT2D eigenvalue weighted by molar-refractivity contribution is 5.37. The predicted molar refractivity (Wildman–Crippen MR) is 85.8 cm³/mol. The molecule has 2 aliphatic rings. The molecule has 0 radical (unpaired) electrons. The van der Waals surface area contributed by atoms with Crippen molar-refractivity contribution in [2.45, 2.75) is 51.2 Å². The number of aromatic nitrogens is 1. The van der Waals surface area contributed by atoms with Crippen LogP contribution in [0, 0.1) is 0 Å². The van der Waals surface area contributed by atoms with E-state index < -0.39 is 0 Å². The van der Waals surface area contributed by atoms with Gasteiger partial charge in [0.1, 0.15) is 5.82 Å². The lowest BCUT2D eigenvalue weighted by molar-refractivity contribution is -0.0416. The van der Waals surface area contributed by atoms with E-state index in [9.17, 15) is 0 Å². The SMILES string of the molecule is CC(C)(C)c1ccc(NCC2CN3CCCC3CO2)nc1. The summed E-state index contributed by atoms with van der Waals surface area (Å²) in [5.41, 5.74) is 1.42. The van der Waals surface area contributed by atoms with E-state index in [2.05, 4.69) is 48.1 Å². The summed E-state index contributed by atoms with van der Waals surface area (Å²) in [7, 11) is 0. The molecule has 3 heterocycles. The lowest BCUT2D eigenvalue weighted by Crippen LogP contribution is -2.48. The van der Waals surface area contributed by atoms with Gasteiger partial charge in [-0.15, -0.1) is 0 Å². The Hall–Kier alpha value is -1.13. The summed E-state index contributed by atoms with van der Waals surface area (Å²) in [4.78, 5) is 7.09. The maximum Gasteiger partial charge on any atom is 0.125 e. The minimum atomic E-state index is 0.156. The summed E-state index contributed by atoms with van der Waals surface area (Å²) in [5, 5.41) is 3.41. The zero-order chi connectivity index (χ0) is 14.9. The second kappa shape index (κ2) is 5.93. The molecule has 2 fully saturated rings. The van der Waals surface area contributed by atoms with Crippen LogP contribution >= 0.6 is 0 Å². The number of pyridine rings is 1. The zero-order valence-electron chi connectivity index (χ0n) is 13.4. The molecule has 116 valence electrons. The Balaban J connectivity index is 1.51. The highest BCUT2D eigenvalue weighted by Crippen LogP contribution is 2.24. The molecule has 0 aromatic carbocycles. The Kier molecular flexibility index (Phi) is 4.18. The van der Waals surface area contributed by atoms with Crippen LogP contribution in [-0.2, 0) is 10.2 Å². The fourth-order valence-electron chi connectivity index (χ4n) is 3.17. The van der Waals surface area contributed by atoms with Gasteiger partial charge in [0, 0.05) is 25.3 Å². The number of morpholine rings is 1. The average molecular weight is 289 g/mol. The molecule has 2 aliphatic heterocycles. The molecule has 2 unspecified atom stereocenters. The van der Waals surface area contributed by atoms with E-state index in [-0.39, 0.29) is 11.5 Å². The third-order valence-corrected chi connectivity index (χ3v) is 4.60. The van der Waals surface area contributed by atoms with Gasteiger partial charge in [0.05, 0.1) is 12.7 Å². The van der Waals surface area contributed by atoms with Crippen molar-refractivity contribution in [2.24, 2.45) is 0 Å². The number of ether oxygens (including phenoxy) is 1. The third kappa shape index (κ3) is 3.55. The van der Waals surface area contributed by atoms with Crippen molar-refractivity contribution in [1.82, 2.24) is 9.88 Å². The van der Waals surface area contributed by atoms with Gasteiger partial charge in [-0.25, -0.2) is 4.98 Å². The van der Waals surface area contributed by atoms with Gasteiger partial charge in [0.25, 0.3) is 0 Å². The average Bonchev–Trinajstić information content (AvgIpc) is 2.92. The van der Waals surface area contributed by atoms with Gasteiger partial charge in [-0.05, 0) is 36.4 Å². The number of rotatable bonds is 3. The summed E-state index contributed by atoms with van der Waals surface area (Å²) in [5.74, 6) is 0.940. The molecule has 4 nitrogen and oxygen atoms in total. The topological polar surface area (TPSA) is 37.4 Å². The Morgan fingerprint density at radius 2 is 2.24 bits per heavy atom. The molecule has 1 aromatic rings. The van der Waals surface area contributed by atoms with Crippen LogP contribution in [0.25, 0.3) is 0 Å². The van der Waals surface area contributed by atoms with Gasteiger partial charge >= 0.3 is 0 Å². The molecular weight excluding hydrogens is 262 g/mol. The Labute approximate surface area is 127 Å². The van der Waals surface area contributed by atoms with Crippen molar-refractivity contribution in [1.29, 1.82) is 0 Å². The van der Waals surface area contributed by atoms with Gasteiger partial charge in [-0.1, -0.05) is 26.8 Å². The molecule has 0 saturated carbocycles. The summed E-state index contributed by atoms with van der Waals surface area (Å²) in [6.45, 7) is 10.6. The molecule has 0 bridgehead atoms. The summed E-state index contributed by atoms with van der Waals surface area (Å²) >= 11 is 0. The van der Waals surface area contributed by atoms with Crippen LogP contribution in [0.5, 0.6) is 0 Å². The van der Waals surface area contributed by atoms with E-state index >= 15 is 0 Å². The molecule has 1 N–H and O–H groups in total. The Bertz CT molecular complexity index is 466. The molecule has 2 atom stereocenters. The van der Waals surface area contributed by atoms with Gasteiger partial charge < -0.3 is 10.1 Å². The highest BCUT2D eigenvalue weighted by Gasteiger charge is 2.31. The predicted octanol–water partition coefficient (Wildman–Crippen LogP) is 2.65. The molecule has 1 aromatic heterocycles. The lowest BCUT2D eigenvalue weighted by Gasteiger charge is -2.35. The Morgan fingerprint density at radius 3 is 2.95 bits per heavy atom. The van der Waals surface area contributed by atoms with E-state index in [1.54, 1.807) is 0 Å². The van der Waals surface area contributed by atoms with Crippen LogP contribution < -0.4 is 5.32 Å². The minimum Gasteiger partial charge on any atom is -0.373 e. The molecule has 4 heteroatoms. The fourth-order valence-corrected chi connectivity index (χ4v) is 3.17. The first-order chi connectivity index (χ1) is 10.0. The molecule has 0 spiro atoms. The van der Waals surface area contributed by atoms with Gasteiger partial charge in [-0.2, -0.15) is 0 Å². The smallest absolute Gasteiger partial charge is 0.125 e. The van der Waals surface area contributed by atoms with Crippen LogP contribution in [0.1, 0.15) is 39.2 Å². The summed E-state index contributed by atoms with van der Waals surface area (Å²) in [6.07, 6.45) is 4.88. The van der Waals surface area contributed by atoms with Crippen molar-refractivity contribution in [3.63, 3.8) is 0 Å². The van der Waals surface area contributed by atoms with Crippen molar-refractivity contribution >= 4 is 5.82 Å².